The maximum absolute atomic E-state index is 11.0. The monoisotopic (exact) mass is 517 g/mol. The van der Waals surface area contributed by atoms with Gasteiger partial charge in [0.15, 0.2) is 11.6 Å². The summed E-state index contributed by atoms with van der Waals surface area (Å²) in [6, 6.07) is 12.1. The molecule has 0 spiro atoms. The van der Waals surface area contributed by atoms with Gasteiger partial charge in [-0.2, -0.15) is 0 Å². The number of hydrogen-bond donors (Lipinski definition) is 1. The Hall–Kier alpha value is -2.95. The van der Waals surface area contributed by atoms with Gasteiger partial charge >= 0.3 is 0 Å². The van der Waals surface area contributed by atoms with Gasteiger partial charge in [-0.25, -0.2) is 15.0 Å². The van der Waals surface area contributed by atoms with Crippen molar-refractivity contribution in [3.63, 3.8) is 0 Å². The molecule has 3 aromatic rings. The second-order valence-corrected chi connectivity index (χ2v) is 11.4. The molecule has 0 amide bonds. The first-order valence-corrected chi connectivity index (χ1v) is 14.6. The molecule has 1 heterocycles. The quantitative estimate of drug-likeness (QED) is 0.204. The summed E-state index contributed by atoms with van der Waals surface area (Å²) in [6.07, 6.45) is 14.5. The lowest BCUT2D eigenvalue weighted by Gasteiger charge is -2.19. The first kappa shape index (κ1) is 29.6. The summed E-state index contributed by atoms with van der Waals surface area (Å²) in [5.41, 5.74) is 4.01. The number of nitrogens with zero attached hydrogens (tertiary/aromatic N) is 3. The highest BCUT2D eigenvalue weighted by molar-refractivity contribution is 5.69. The van der Waals surface area contributed by atoms with Gasteiger partial charge in [0, 0.05) is 11.6 Å². The molecule has 5 heteroatoms. The van der Waals surface area contributed by atoms with Crippen molar-refractivity contribution in [1.29, 1.82) is 0 Å². The lowest BCUT2D eigenvalue weighted by Crippen LogP contribution is -2.10. The van der Waals surface area contributed by atoms with E-state index in [9.17, 15) is 5.11 Å². The van der Waals surface area contributed by atoms with Gasteiger partial charge in [-0.15, -0.1) is 0 Å². The predicted molar refractivity (Wildman–Crippen MR) is 158 cm³/mol. The van der Waals surface area contributed by atoms with E-state index in [0.717, 1.165) is 36.1 Å². The molecule has 1 aromatic heterocycles. The summed E-state index contributed by atoms with van der Waals surface area (Å²) in [5.74, 6) is 2.00. The van der Waals surface area contributed by atoms with Crippen molar-refractivity contribution in [2.75, 3.05) is 6.61 Å². The molecule has 0 aliphatic carbocycles. The molecule has 0 aliphatic rings. The van der Waals surface area contributed by atoms with Crippen LogP contribution in [0.3, 0.4) is 0 Å². The average molecular weight is 518 g/mol. The molecule has 38 heavy (non-hydrogen) atoms. The number of aromatic nitrogens is 3. The SMILES string of the molecule is CCCCCCCCOc1cc(O)c(-c2ncnc(-c3ccc(C(C)(C)C)cc3)n2)cc1CCCCCC. The first-order valence-electron chi connectivity index (χ1n) is 14.6. The Kier molecular flexibility index (Phi) is 11.6. The largest absolute Gasteiger partial charge is 0.507 e. The second-order valence-electron chi connectivity index (χ2n) is 11.4. The highest BCUT2D eigenvalue weighted by atomic mass is 16.5. The van der Waals surface area contributed by atoms with Gasteiger partial charge in [0.2, 0.25) is 0 Å². The normalized spacial score (nSPS) is 11.6. The molecule has 0 bridgehead atoms. The van der Waals surface area contributed by atoms with Crippen LogP contribution in [0, 0.1) is 0 Å². The van der Waals surface area contributed by atoms with Crippen LogP contribution in [0.2, 0.25) is 0 Å². The van der Waals surface area contributed by atoms with Gasteiger partial charge in [-0.05, 0) is 41.9 Å². The van der Waals surface area contributed by atoms with E-state index in [2.05, 4.69) is 68.9 Å². The first-order chi connectivity index (χ1) is 18.3. The number of unbranched alkanes of at least 4 members (excludes halogenated alkanes) is 8. The van der Waals surface area contributed by atoms with E-state index in [4.69, 9.17) is 9.72 Å². The standard InChI is InChI=1S/C33H47N3O2/c1-6-8-10-12-13-15-21-38-30-23-29(37)28(22-26(30)16-14-11-9-7-2)32-35-24-34-31(36-32)25-17-19-27(20-18-25)33(3,4)5/h17-20,22-24,37H,6-16,21H2,1-5H3. The van der Waals surface area contributed by atoms with E-state index < -0.39 is 0 Å². The minimum Gasteiger partial charge on any atom is -0.507 e. The molecule has 1 N–H and O–H groups in total. The zero-order valence-corrected chi connectivity index (χ0v) is 24.2. The van der Waals surface area contributed by atoms with Crippen molar-refractivity contribution < 1.29 is 9.84 Å². The lowest BCUT2D eigenvalue weighted by atomic mass is 9.87. The molecule has 0 saturated heterocycles. The van der Waals surface area contributed by atoms with Crippen LogP contribution in [0.25, 0.3) is 22.8 Å². The summed E-state index contributed by atoms with van der Waals surface area (Å²) in [4.78, 5) is 13.6. The fraction of sp³-hybridized carbons (Fsp3) is 0.545. The minimum atomic E-state index is 0.0843. The van der Waals surface area contributed by atoms with Gasteiger partial charge in [0.25, 0.3) is 0 Å². The molecule has 0 aliphatic heterocycles. The van der Waals surface area contributed by atoms with Crippen LogP contribution in [0.15, 0.2) is 42.7 Å². The number of phenols is 1. The summed E-state index contributed by atoms with van der Waals surface area (Å²) >= 11 is 0. The van der Waals surface area contributed by atoms with Crippen molar-refractivity contribution in [1.82, 2.24) is 15.0 Å². The Balaban J connectivity index is 1.80. The van der Waals surface area contributed by atoms with Crippen molar-refractivity contribution in [2.24, 2.45) is 0 Å². The van der Waals surface area contributed by atoms with E-state index in [0.29, 0.717) is 23.8 Å². The maximum atomic E-state index is 11.0. The fourth-order valence-corrected chi connectivity index (χ4v) is 4.61. The third-order valence-electron chi connectivity index (χ3n) is 7.06. The molecular formula is C33H47N3O2. The Morgan fingerprint density at radius 3 is 2.08 bits per heavy atom. The molecule has 3 rings (SSSR count). The minimum absolute atomic E-state index is 0.0843. The molecule has 206 valence electrons. The third kappa shape index (κ3) is 8.82. The number of ether oxygens (including phenoxy) is 1. The van der Waals surface area contributed by atoms with Crippen LogP contribution in [-0.4, -0.2) is 26.7 Å². The van der Waals surface area contributed by atoms with Crippen molar-refractivity contribution in [2.45, 2.75) is 111 Å². The van der Waals surface area contributed by atoms with Gasteiger partial charge < -0.3 is 9.84 Å². The molecule has 0 saturated carbocycles. The van der Waals surface area contributed by atoms with Crippen LogP contribution >= 0.6 is 0 Å². The summed E-state index contributed by atoms with van der Waals surface area (Å²) < 4.78 is 6.19. The number of aromatic hydroxyl groups is 1. The second kappa shape index (κ2) is 14.8. The van der Waals surface area contributed by atoms with Crippen LogP contribution < -0.4 is 4.74 Å². The van der Waals surface area contributed by atoms with E-state index in [1.54, 1.807) is 6.07 Å². The number of hydrogen-bond acceptors (Lipinski definition) is 5. The molecule has 0 radical (unpaired) electrons. The Labute approximate surface area is 230 Å². The van der Waals surface area contributed by atoms with Crippen LogP contribution in [0.4, 0.5) is 0 Å². The lowest BCUT2D eigenvalue weighted by molar-refractivity contribution is 0.299. The molecule has 0 atom stereocenters. The number of benzene rings is 2. The van der Waals surface area contributed by atoms with Crippen LogP contribution in [-0.2, 0) is 11.8 Å². The fourth-order valence-electron chi connectivity index (χ4n) is 4.61. The van der Waals surface area contributed by atoms with E-state index in [-0.39, 0.29) is 11.2 Å². The number of aryl methyl sites for hydroxylation is 1. The Morgan fingerprint density at radius 1 is 0.763 bits per heavy atom. The van der Waals surface area contributed by atoms with Crippen LogP contribution in [0.1, 0.15) is 110 Å². The molecule has 0 unspecified atom stereocenters. The third-order valence-corrected chi connectivity index (χ3v) is 7.06. The van der Waals surface area contributed by atoms with Gasteiger partial charge in [0.1, 0.15) is 17.8 Å². The number of phenolic OH excluding ortho intramolecular Hbond substituents is 1. The van der Waals surface area contributed by atoms with Crippen LogP contribution in [0.5, 0.6) is 11.5 Å². The molecule has 5 nitrogen and oxygen atoms in total. The molecule has 2 aromatic carbocycles. The molecule has 0 fully saturated rings. The summed E-state index contributed by atoms with van der Waals surface area (Å²) in [6.45, 7) is 11.7. The summed E-state index contributed by atoms with van der Waals surface area (Å²) in [5, 5.41) is 11.0. The highest BCUT2D eigenvalue weighted by Gasteiger charge is 2.17. The molecular weight excluding hydrogens is 470 g/mol. The smallest absolute Gasteiger partial charge is 0.167 e. The van der Waals surface area contributed by atoms with Gasteiger partial charge in [-0.1, -0.05) is 110 Å². The van der Waals surface area contributed by atoms with E-state index in [1.807, 2.05) is 6.07 Å². The van der Waals surface area contributed by atoms with E-state index >= 15 is 0 Å². The van der Waals surface area contributed by atoms with Crippen molar-refractivity contribution >= 4 is 0 Å². The van der Waals surface area contributed by atoms with Gasteiger partial charge in [0.05, 0.1) is 12.2 Å². The Morgan fingerprint density at radius 2 is 1.39 bits per heavy atom. The van der Waals surface area contributed by atoms with Crippen molar-refractivity contribution in [3.8, 4) is 34.3 Å². The zero-order chi connectivity index (χ0) is 27.4. The Bertz CT molecular complexity index is 1120. The predicted octanol–water partition coefficient (Wildman–Crippen LogP) is 9.07. The zero-order valence-electron chi connectivity index (χ0n) is 24.2. The maximum Gasteiger partial charge on any atom is 0.167 e. The average Bonchev–Trinajstić information content (AvgIpc) is 2.91. The highest BCUT2D eigenvalue weighted by Crippen LogP contribution is 2.35. The van der Waals surface area contributed by atoms with Crippen molar-refractivity contribution in [3.05, 3.63) is 53.9 Å². The van der Waals surface area contributed by atoms with E-state index in [1.165, 1.54) is 63.3 Å². The number of rotatable bonds is 15. The van der Waals surface area contributed by atoms with Gasteiger partial charge in [-0.3, -0.25) is 0 Å². The topological polar surface area (TPSA) is 68.1 Å². The summed E-state index contributed by atoms with van der Waals surface area (Å²) in [7, 11) is 0.